The van der Waals surface area contributed by atoms with Crippen molar-refractivity contribution in [2.75, 3.05) is 5.73 Å². The van der Waals surface area contributed by atoms with E-state index in [1.54, 1.807) is 12.5 Å². The van der Waals surface area contributed by atoms with E-state index >= 15 is 0 Å². The Balaban J connectivity index is 1.74. The van der Waals surface area contributed by atoms with Crippen LogP contribution in [0.1, 0.15) is 16.8 Å². The molecule has 0 radical (unpaired) electrons. The van der Waals surface area contributed by atoms with Gasteiger partial charge in [0.1, 0.15) is 6.33 Å². The Bertz CT molecular complexity index is 524. The number of benzene rings is 1. The maximum Gasteiger partial charge on any atom is 0.115 e. The van der Waals surface area contributed by atoms with E-state index in [9.17, 15) is 0 Å². The molecule has 86 valence electrons. The predicted octanol–water partition coefficient (Wildman–Crippen LogP) is 1.57. The molecule has 4 nitrogen and oxygen atoms in total. The van der Waals surface area contributed by atoms with Gasteiger partial charge < -0.3 is 5.73 Å². The van der Waals surface area contributed by atoms with Gasteiger partial charge in [0, 0.05) is 31.5 Å². The second kappa shape index (κ2) is 4.14. The first-order chi connectivity index (χ1) is 8.31. The van der Waals surface area contributed by atoms with Crippen LogP contribution >= 0.6 is 0 Å². The summed E-state index contributed by atoms with van der Waals surface area (Å²) in [6, 6.07) is 8.10. The van der Waals surface area contributed by atoms with Crippen molar-refractivity contribution in [2.45, 2.75) is 19.6 Å². The number of anilines is 1. The van der Waals surface area contributed by atoms with Crippen LogP contribution in [-0.4, -0.2) is 14.9 Å². The number of nitrogen functional groups attached to an aromatic ring is 1. The summed E-state index contributed by atoms with van der Waals surface area (Å²) in [6.45, 7) is 2.78. The average molecular weight is 226 g/mol. The van der Waals surface area contributed by atoms with Crippen molar-refractivity contribution in [3.63, 3.8) is 0 Å². The lowest BCUT2D eigenvalue weighted by Crippen LogP contribution is -2.16. The molecule has 2 heterocycles. The summed E-state index contributed by atoms with van der Waals surface area (Å²) in [7, 11) is 0. The summed E-state index contributed by atoms with van der Waals surface area (Å²) in [5.74, 6) is 0. The van der Waals surface area contributed by atoms with Gasteiger partial charge in [-0.1, -0.05) is 6.07 Å². The fourth-order valence-electron chi connectivity index (χ4n) is 2.24. The fourth-order valence-corrected chi connectivity index (χ4v) is 2.24. The van der Waals surface area contributed by atoms with E-state index in [0.29, 0.717) is 0 Å². The highest BCUT2D eigenvalue weighted by Crippen LogP contribution is 2.25. The van der Waals surface area contributed by atoms with Gasteiger partial charge in [0.15, 0.2) is 0 Å². The molecule has 0 bridgehead atoms. The number of rotatable bonds is 2. The molecule has 0 spiro atoms. The van der Waals surface area contributed by atoms with E-state index in [1.165, 1.54) is 11.1 Å². The third kappa shape index (κ3) is 2.12. The molecular weight excluding hydrogens is 212 g/mol. The summed E-state index contributed by atoms with van der Waals surface area (Å²) in [4.78, 5) is 10.5. The average Bonchev–Trinajstić information content (AvgIpc) is 2.71. The first-order valence-electron chi connectivity index (χ1n) is 5.66. The van der Waals surface area contributed by atoms with E-state index in [0.717, 1.165) is 31.0 Å². The third-order valence-corrected chi connectivity index (χ3v) is 3.05. The summed E-state index contributed by atoms with van der Waals surface area (Å²) < 4.78 is 0. The Labute approximate surface area is 100 Å². The fraction of sp³-hybridized carbons (Fsp3) is 0.231. The number of nitrogens with two attached hydrogens (primary N) is 1. The molecule has 17 heavy (non-hydrogen) atoms. The van der Waals surface area contributed by atoms with Gasteiger partial charge in [-0.3, -0.25) is 4.90 Å². The van der Waals surface area contributed by atoms with Gasteiger partial charge in [0.05, 0.1) is 5.69 Å². The van der Waals surface area contributed by atoms with Crippen molar-refractivity contribution in [1.82, 2.24) is 14.9 Å². The van der Waals surface area contributed by atoms with Gasteiger partial charge in [-0.2, -0.15) is 0 Å². The van der Waals surface area contributed by atoms with Gasteiger partial charge in [-0.15, -0.1) is 0 Å². The van der Waals surface area contributed by atoms with E-state index < -0.39 is 0 Å². The van der Waals surface area contributed by atoms with Crippen molar-refractivity contribution in [3.05, 3.63) is 53.6 Å². The number of hydrogen-bond donors (Lipinski definition) is 1. The Morgan fingerprint density at radius 3 is 2.88 bits per heavy atom. The van der Waals surface area contributed by atoms with Crippen molar-refractivity contribution in [2.24, 2.45) is 0 Å². The smallest absolute Gasteiger partial charge is 0.115 e. The number of fused-ring (bicyclic) bond motifs is 1. The zero-order valence-electron chi connectivity index (χ0n) is 9.50. The number of aromatic nitrogens is 2. The maximum absolute atomic E-state index is 5.79. The van der Waals surface area contributed by atoms with Crippen molar-refractivity contribution in [1.29, 1.82) is 0 Å². The molecule has 0 saturated heterocycles. The van der Waals surface area contributed by atoms with Gasteiger partial charge in [-0.25, -0.2) is 9.97 Å². The summed E-state index contributed by atoms with van der Waals surface area (Å²) in [5.41, 5.74) is 10.4. The lowest BCUT2D eigenvalue weighted by Gasteiger charge is -2.13. The van der Waals surface area contributed by atoms with E-state index in [1.807, 2.05) is 12.1 Å². The highest BCUT2D eigenvalue weighted by atomic mass is 15.1. The summed E-state index contributed by atoms with van der Waals surface area (Å²) >= 11 is 0. The SMILES string of the molecule is Nc1ccc2c(c1)CN(Cc1ccncn1)C2. The van der Waals surface area contributed by atoms with Crippen LogP contribution in [-0.2, 0) is 19.6 Å². The van der Waals surface area contributed by atoms with Crippen LogP contribution in [0.25, 0.3) is 0 Å². The molecule has 0 saturated carbocycles. The summed E-state index contributed by atoms with van der Waals surface area (Å²) in [5, 5.41) is 0. The van der Waals surface area contributed by atoms with Gasteiger partial charge >= 0.3 is 0 Å². The molecule has 0 aliphatic carbocycles. The topological polar surface area (TPSA) is 55.0 Å². The van der Waals surface area contributed by atoms with E-state index in [-0.39, 0.29) is 0 Å². The Hall–Kier alpha value is -1.94. The minimum absolute atomic E-state index is 0.840. The predicted molar refractivity (Wildman–Crippen MR) is 65.8 cm³/mol. The van der Waals surface area contributed by atoms with Crippen LogP contribution < -0.4 is 5.73 Å². The minimum atomic E-state index is 0.840. The van der Waals surface area contributed by atoms with Crippen LogP contribution in [0.2, 0.25) is 0 Å². The van der Waals surface area contributed by atoms with Gasteiger partial charge in [-0.05, 0) is 29.3 Å². The number of hydrogen-bond acceptors (Lipinski definition) is 4. The lowest BCUT2D eigenvalue weighted by molar-refractivity contribution is 0.272. The molecule has 0 fully saturated rings. The molecule has 0 amide bonds. The van der Waals surface area contributed by atoms with Crippen molar-refractivity contribution in [3.8, 4) is 0 Å². The largest absolute Gasteiger partial charge is 0.399 e. The van der Waals surface area contributed by atoms with Crippen LogP contribution in [0, 0.1) is 0 Å². The lowest BCUT2D eigenvalue weighted by atomic mass is 10.1. The third-order valence-electron chi connectivity index (χ3n) is 3.05. The van der Waals surface area contributed by atoms with Crippen LogP contribution in [0.15, 0.2) is 36.8 Å². The zero-order chi connectivity index (χ0) is 11.7. The molecule has 3 rings (SSSR count). The molecule has 1 aromatic carbocycles. The first-order valence-corrected chi connectivity index (χ1v) is 5.66. The highest BCUT2D eigenvalue weighted by molar-refractivity contribution is 5.46. The van der Waals surface area contributed by atoms with Crippen LogP contribution in [0.4, 0.5) is 5.69 Å². The standard InChI is InChI=1S/C13H14N4/c14-12-2-1-10-6-17(7-11(10)5-12)8-13-3-4-15-9-16-13/h1-5,9H,6-8,14H2. The second-order valence-electron chi connectivity index (χ2n) is 4.37. The number of nitrogens with zero attached hydrogens (tertiary/aromatic N) is 3. The Morgan fingerprint density at radius 1 is 1.18 bits per heavy atom. The molecule has 2 N–H and O–H groups in total. The first kappa shape index (κ1) is 10.2. The Kier molecular flexibility index (Phi) is 2.49. The molecule has 2 aromatic rings. The van der Waals surface area contributed by atoms with Gasteiger partial charge in [0.25, 0.3) is 0 Å². The molecule has 4 heteroatoms. The van der Waals surface area contributed by atoms with E-state index in [2.05, 4.69) is 27.0 Å². The van der Waals surface area contributed by atoms with Crippen molar-refractivity contribution >= 4 is 5.69 Å². The summed E-state index contributed by atoms with van der Waals surface area (Å²) in [6.07, 6.45) is 3.38. The van der Waals surface area contributed by atoms with E-state index in [4.69, 9.17) is 5.73 Å². The van der Waals surface area contributed by atoms with Gasteiger partial charge in [0.2, 0.25) is 0 Å². The monoisotopic (exact) mass is 226 g/mol. The highest BCUT2D eigenvalue weighted by Gasteiger charge is 2.19. The van der Waals surface area contributed by atoms with Crippen LogP contribution in [0.5, 0.6) is 0 Å². The quantitative estimate of drug-likeness (QED) is 0.790. The molecule has 0 atom stereocenters. The maximum atomic E-state index is 5.79. The molecule has 1 aliphatic heterocycles. The normalized spacial score (nSPS) is 14.8. The van der Waals surface area contributed by atoms with Crippen molar-refractivity contribution < 1.29 is 0 Å². The van der Waals surface area contributed by atoms with Crippen LogP contribution in [0.3, 0.4) is 0 Å². The Morgan fingerprint density at radius 2 is 2.06 bits per heavy atom. The molecule has 1 aliphatic rings. The zero-order valence-corrected chi connectivity index (χ0v) is 9.50. The molecule has 0 unspecified atom stereocenters. The second-order valence-corrected chi connectivity index (χ2v) is 4.37. The molecule has 1 aromatic heterocycles. The molecular formula is C13H14N4. The minimum Gasteiger partial charge on any atom is -0.399 e.